The van der Waals surface area contributed by atoms with Crippen molar-refractivity contribution in [1.29, 1.82) is 0 Å². The number of unbranched alkanes of at least 4 members (excludes halogenated alkanes) is 1. The Labute approximate surface area is 212 Å². The number of amides is 2. The van der Waals surface area contributed by atoms with E-state index < -0.39 is 0 Å². The van der Waals surface area contributed by atoms with Crippen molar-refractivity contribution >= 4 is 17.6 Å². The quantitative estimate of drug-likeness (QED) is 0.420. The molecule has 1 unspecified atom stereocenters. The van der Waals surface area contributed by atoms with Crippen LogP contribution in [-0.4, -0.2) is 39.6 Å². The molecule has 1 heterocycles. The Morgan fingerprint density at radius 3 is 2.34 bits per heavy atom. The van der Waals surface area contributed by atoms with Gasteiger partial charge in [0.25, 0.3) is 0 Å². The molecule has 1 atom stereocenters. The van der Waals surface area contributed by atoms with Gasteiger partial charge < -0.3 is 10.2 Å². The van der Waals surface area contributed by atoms with Crippen LogP contribution >= 0.6 is 0 Å². The number of nitrogens with one attached hydrogen (secondary N) is 1. The van der Waals surface area contributed by atoms with Gasteiger partial charge in [-0.1, -0.05) is 80.0 Å². The average Bonchev–Trinajstić information content (AvgIpc) is 3.13. The highest BCUT2D eigenvalue weighted by Gasteiger charge is 2.25. The molecule has 1 aromatic heterocycles. The Balaban J connectivity index is 2.23. The fraction of sp³-hybridized carbons (Fsp3) is 0.621. The highest BCUT2D eigenvalue weighted by atomic mass is 16.2. The molecule has 0 saturated carbocycles. The fourth-order valence-corrected chi connectivity index (χ4v) is 4.36. The number of aromatic nitrogens is 2. The SMILES string of the molecule is CCCCN(CC(=O)Nc1cc(C(C)(C)C)nn1-c1ccccc1C)C(=O)CC(C)CC(C)(C)C. The topological polar surface area (TPSA) is 67.2 Å². The van der Waals surface area contributed by atoms with Gasteiger partial charge in [0.2, 0.25) is 11.8 Å². The van der Waals surface area contributed by atoms with Crippen LogP contribution in [0.2, 0.25) is 0 Å². The van der Waals surface area contributed by atoms with E-state index in [2.05, 4.69) is 60.7 Å². The van der Waals surface area contributed by atoms with Crippen molar-refractivity contribution in [2.45, 2.75) is 93.4 Å². The Morgan fingerprint density at radius 2 is 1.77 bits per heavy atom. The average molecular weight is 483 g/mol. The van der Waals surface area contributed by atoms with E-state index in [-0.39, 0.29) is 35.1 Å². The first-order chi connectivity index (χ1) is 16.2. The molecule has 35 heavy (non-hydrogen) atoms. The second-order valence-corrected chi connectivity index (χ2v) is 12.2. The van der Waals surface area contributed by atoms with Crippen molar-refractivity contribution in [1.82, 2.24) is 14.7 Å². The molecule has 1 aromatic carbocycles. The Bertz CT molecular complexity index is 995. The largest absolute Gasteiger partial charge is 0.333 e. The summed E-state index contributed by atoms with van der Waals surface area (Å²) in [7, 11) is 0. The molecule has 2 amide bonds. The molecule has 6 nitrogen and oxygen atoms in total. The zero-order chi connectivity index (χ0) is 26.4. The highest BCUT2D eigenvalue weighted by Crippen LogP contribution is 2.28. The number of para-hydroxylation sites is 1. The van der Waals surface area contributed by atoms with Gasteiger partial charge >= 0.3 is 0 Å². The van der Waals surface area contributed by atoms with Crippen molar-refractivity contribution in [2.75, 3.05) is 18.4 Å². The Kier molecular flexibility index (Phi) is 9.70. The number of hydrogen-bond donors (Lipinski definition) is 1. The van der Waals surface area contributed by atoms with E-state index in [1.165, 1.54) is 0 Å². The lowest BCUT2D eigenvalue weighted by Gasteiger charge is -2.26. The summed E-state index contributed by atoms with van der Waals surface area (Å²) in [6.07, 6.45) is 3.28. The summed E-state index contributed by atoms with van der Waals surface area (Å²) in [5.41, 5.74) is 2.89. The lowest BCUT2D eigenvalue weighted by atomic mass is 9.84. The normalized spacial score (nSPS) is 12.9. The molecular weight excluding hydrogens is 436 g/mol. The van der Waals surface area contributed by atoms with Crippen LogP contribution < -0.4 is 5.32 Å². The third-order valence-electron chi connectivity index (χ3n) is 6.04. The number of hydrogen-bond acceptors (Lipinski definition) is 3. The molecule has 0 saturated heterocycles. The van der Waals surface area contributed by atoms with Gasteiger partial charge in [-0.25, -0.2) is 4.68 Å². The van der Waals surface area contributed by atoms with Crippen LogP contribution in [0.3, 0.4) is 0 Å². The summed E-state index contributed by atoms with van der Waals surface area (Å²) >= 11 is 0. The number of carbonyl (C=O) groups excluding carboxylic acids is 2. The van der Waals surface area contributed by atoms with Gasteiger partial charge in [0.15, 0.2) is 0 Å². The van der Waals surface area contributed by atoms with E-state index >= 15 is 0 Å². The summed E-state index contributed by atoms with van der Waals surface area (Å²) in [6, 6.07) is 9.93. The van der Waals surface area contributed by atoms with Gasteiger partial charge in [-0.3, -0.25) is 9.59 Å². The molecule has 2 aromatic rings. The van der Waals surface area contributed by atoms with Gasteiger partial charge in [0.05, 0.1) is 17.9 Å². The van der Waals surface area contributed by atoms with E-state index in [0.717, 1.165) is 36.2 Å². The molecule has 1 N–H and O–H groups in total. The summed E-state index contributed by atoms with van der Waals surface area (Å²) in [4.78, 5) is 28.0. The first kappa shape index (κ1) is 28.6. The van der Waals surface area contributed by atoms with Gasteiger partial charge in [-0.05, 0) is 42.7 Å². The molecule has 0 aliphatic carbocycles. The number of rotatable bonds is 10. The molecule has 194 valence electrons. The molecule has 2 rings (SSSR count). The van der Waals surface area contributed by atoms with Crippen LogP contribution in [0.4, 0.5) is 5.82 Å². The van der Waals surface area contributed by atoms with Crippen molar-refractivity contribution in [3.05, 3.63) is 41.6 Å². The molecule has 0 fully saturated rings. The van der Waals surface area contributed by atoms with Crippen molar-refractivity contribution in [3.8, 4) is 5.69 Å². The minimum Gasteiger partial charge on any atom is -0.333 e. The molecule has 0 spiro atoms. The van der Waals surface area contributed by atoms with Crippen LogP contribution in [0.15, 0.2) is 30.3 Å². The zero-order valence-electron chi connectivity index (χ0n) is 23.4. The smallest absolute Gasteiger partial charge is 0.245 e. The van der Waals surface area contributed by atoms with Gasteiger partial charge in [0, 0.05) is 24.4 Å². The Morgan fingerprint density at radius 1 is 1.11 bits per heavy atom. The van der Waals surface area contributed by atoms with Crippen LogP contribution in [0.25, 0.3) is 5.69 Å². The van der Waals surface area contributed by atoms with Crippen LogP contribution in [0.1, 0.15) is 92.3 Å². The minimum absolute atomic E-state index is 0.0465. The van der Waals surface area contributed by atoms with Crippen LogP contribution in [0.5, 0.6) is 0 Å². The highest BCUT2D eigenvalue weighted by molar-refractivity contribution is 5.94. The second kappa shape index (κ2) is 11.9. The van der Waals surface area contributed by atoms with Crippen LogP contribution in [-0.2, 0) is 15.0 Å². The maximum absolute atomic E-state index is 13.2. The molecular formula is C29H46N4O2. The van der Waals surface area contributed by atoms with E-state index in [9.17, 15) is 9.59 Å². The number of nitrogens with zero attached hydrogens (tertiary/aromatic N) is 3. The maximum Gasteiger partial charge on any atom is 0.245 e. The first-order valence-corrected chi connectivity index (χ1v) is 13.0. The number of anilines is 1. The van der Waals surface area contributed by atoms with Gasteiger partial charge in [0.1, 0.15) is 5.82 Å². The number of aryl methyl sites for hydroxylation is 1. The minimum atomic E-state index is -0.201. The molecule has 0 radical (unpaired) electrons. The third-order valence-corrected chi connectivity index (χ3v) is 6.04. The summed E-state index contributed by atoms with van der Waals surface area (Å²) in [6.45, 7) is 19.8. The Hall–Kier alpha value is -2.63. The van der Waals surface area contributed by atoms with Crippen molar-refractivity contribution in [3.63, 3.8) is 0 Å². The monoisotopic (exact) mass is 482 g/mol. The second-order valence-electron chi connectivity index (χ2n) is 12.2. The van der Waals surface area contributed by atoms with Crippen molar-refractivity contribution in [2.24, 2.45) is 11.3 Å². The van der Waals surface area contributed by atoms with E-state index in [1.807, 2.05) is 37.3 Å². The molecule has 0 bridgehead atoms. The standard InChI is InChI=1S/C29H46N4O2/c1-10-11-16-32(27(35)17-21(2)19-28(4,5)6)20-26(34)30-25-18-24(29(7,8)9)31-33(25)23-15-13-12-14-22(23)3/h12-15,18,21H,10-11,16-17,19-20H2,1-9H3,(H,30,34). The lowest BCUT2D eigenvalue weighted by molar-refractivity contribution is -0.135. The number of carbonyl (C=O) groups is 2. The molecule has 0 aliphatic rings. The lowest BCUT2D eigenvalue weighted by Crippen LogP contribution is -2.39. The van der Waals surface area contributed by atoms with Crippen molar-refractivity contribution < 1.29 is 9.59 Å². The van der Waals surface area contributed by atoms with Crippen LogP contribution in [0, 0.1) is 18.3 Å². The van der Waals surface area contributed by atoms with E-state index in [1.54, 1.807) is 9.58 Å². The predicted octanol–water partition coefficient (Wildman–Crippen LogP) is 6.51. The van der Waals surface area contributed by atoms with E-state index in [4.69, 9.17) is 5.10 Å². The summed E-state index contributed by atoms with van der Waals surface area (Å²) < 4.78 is 1.80. The zero-order valence-corrected chi connectivity index (χ0v) is 23.4. The predicted molar refractivity (Wildman–Crippen MR) is 145 cm³/mol. The van der Waals surface area contributed by atoms with Gasteiger partial charge in [-0.15, -0.1) is 0 Å². The summed E-state index contributed by atoms with van der Waals surface area (Å²) in [5.74, 6) is 0.742. The first-order valence-electron chi connectivity index (χ1n) is 13.0. The van der Waals surface area contributed by atoms with E-state index in [0.29, 0.717) is 18.8 Å². The number of benzene rings is 1. The summed E-state index contributed by atoms with van der Waals surface area (Å²) in [5, 5.41) is 7.87. The maximum atomic E-state index is 13.2. The van der Waals surface area contributed by atoms with Gasteiger partial charge in [-0.2, -0.15) is 5.10 Å². The molecule has 0 aliphatic heterocycles. The molecule has 6 heteroatoms. The fourth-order valence-electron chi connectivity index (χ4n) is 4.36. The third kappa shape index (κ3) is 8.83.